The summed E-state index contributed by atoms with van der Waals surface area (Å²) in [5.74, 6) is 1.74. The van der Waals surface area contributed by atoms with Gasteiger partial charge in [0.15, 0.2) is 0 Å². The first-order valence-electron chi connectivity index (χ1n) is 7.67. The van der Waals surface area contributed by atoms with Gasteiger partial charge in [0, 0.05) is 19.0 Å². The van der Waals surface area contributed by atoms with E-state index in [2.05, 4.69) is 39.9 Å². The average Bonchev–Trinajstić information content (AvgIpc) is 3.19. The molecular formula is C17H23N3S. The van der Waals surface area contributed by atoms with Crippen molar-refractivity contribution in [1.82, 2.24) is 4.98 Å². The third-order valence-electron chi connectivity index (χ3n) is 4.25. The van der Waals surface area contributed by atoms with Crippen LogP contribution in [0, 0.1) is 5.92 Å². The summed E-state index contributed by atoms with van der Waals surface area (Å²) in [6, 6.07) is 9.04. The molecule has 2 aromatic heterocycles. The molecule has 3 nitrogen and oxygen atoms in total. The molecule has 1 aliphatic carbocycles. The number of rotatable bonds is 5. The molecule has 2 heterocycles. The van der Waals surface area contributed by atoms with Gasteiger partial charge in [-0.2, -0.15) is 0 Å². The number of hydrogen-bond acceptors (Lipinski definition) is 4. The van der Waals surface area contributed by atoms with Gasteiger partial charge in [0.25, 0.3) is 0 Å². The van der Waals surface area contributed by atoms with E-state index in [1.165, 1.54) is 30.6 Å². The monoisotopic (exact) mass is 301 g/mol. The van der Waals surface area contributed by atoms with Gasteiger partial charge in [0.05, 0.1) is 17.9 Å². The first kappa shape index (κ1) is 14.4. The van der Waals surface area contributed by atoms with Gasteiger partial charge in [-0.3, -0.25) is 0 Å². The van der Waals surface area contributed by atoms with Gasteiger partial charge in [-0.1, -0.05) is 18.9 Å². The maximum atomic E-state index is 4.51. The molecule has 0 aliphatic heterocycles. The Morgan fingerprint density at radius 2 is 2.05 bits per heavy atom. The zero-order valence-electron chi connectivity index (χ0n) is 12.7. The average molecular weight is 301 g/mol. The highest BCUT2D eigenvalue weighted by atomic mass is 32.1. The summed E-state index contributed by atoms with van der Waals surface area (Å²) in [5.41, 5.74) is 1.12. The van der Waals surface area contributed by atoms with Crippen molar-refractivity contribution < 1.29 is 0 Å². The Labute approximate surface area is 131 Å². The minimum Gasteiger partial charge on any atom is -0.376 e. The second kappa shape index (κ2) is 6.48. The van der Waals surface area contributed by atoms with E-state index in [-0.39, 0.29) is 0 Å². The minimum atomic E-state index is 0.430. The molecule has 1 saturated carbocycles. The maximum Gasteiger partial charge on any atom is 0.128 e. The van der Waals surface area contributed by atoms with E-state index < -0.39 is 0 Å². The van der Waals surface area contributed by atoms with Crippen LogP contribution in [0.15, 0.2) is 35.8 Å². The zero-order valence-corrected chi connectivity index (χ0v) is 13.6. The van der Waals surface area contributed by atoms with Gasteiger partial charge >= 0.3 is 0 Å². The van der Waals surface area contributed by atoms with Gasteiger partial charge in [0.1, 0.15) is 5.82 Å². The van der Waals surface area contributed by atoms with E-state index in [1.54, 1.807) is 0 Å². The van der Waals surface area contributed by atoms with Gasteiger partial charge in [-0.15, -0.1) is 11.3 Å². The number of nitrogens with zero attached hydrogens (tertiary/aromatic N) is 2. The lowest BCUT2D eigenvalue weighted by Gasteiger charge is -2.25. The van der Waals surface area contributed by atoms with E-state index in [9.17, 15) is 0 Å². The Morgan fingerprint density at radius 1 is 1.24 bits per heavy atom. The second-order valence-electron chi connectivity index (χ2n) is 5.98. The Kier molecular flexibility index (Phi) is 4.44. The molecule has 0 radical (unpaired) electrons. The lowest BCUT2D eigenvalue weighted by atomic mass is 9.96. The van der Waals surface area contributed by atoms with Crippen LogP contribution >= 0.6 is 11.3 Å². The highest BCUT2D eigenvalue weighted by molar-refractivity contribution is 7.10. The number of anilines is 2. The predicted octanol–water partition coefficient (Wildman–Crippen LogP) is 4.55. The van der Waals surface area contributed by atoms with Crippen molar-refractivity contribution in [3.63, 3.8) is 0 Å². The van der Waals surface area contributed by atoms with Crippen molar-refractivity contribution in [2.24, 2.45) is 5.92 Å². The predicted molar refractivity (Wildman–Crippen MR) is 91.2 cm³/mol. The summed E-state index contributed by atoms with van der Waals surface area (Å²) >= 11 is 1.85. The molecule has 0 saturated heterocycles. The van der Waals surface area contributed by atoms with Crippen LogP contribution in [0.25, 0.3) is 0 Å². The van der Waals surface area contributed by atoms with Crippen molar-refractivity contribution in [3.8, 4) is 0 Å². The summed E-state index contributed by atoms with van der Waals surface area (Å²) in [6.45, 7) is 0. The lowest BCUT2D eigenvalue weighted by Crippen LogP contribution is -2.18. The minimum absolute atomic E-state index is 0.430. The van der Waals surface area contributed by atoms with Gasteiger partial charge in [-0.25, -0.2) is 4.98 Å². The molecule has 1 N–H and O–H groups in total. The largest absolute Gasteiger partial charge is 0.376 e. The van der Waals surface area contributed by atoms with Crippen LogP contribution < -0.4 is 10.2 Å². The Hall–Kier alpha value is -1.55. The molecular weight excluding hydrogens is 278 g/mol. The van der Waals surface area contributed by atoms with Crippen LogP contribution in [-0.4, -0.2) is 19.1 Å². The molecule has 0 aromatic carbocycles. The summed E-state index contributed by atoms with van der Waals surface area (Å²) in [5, 5.41) is 5.89. The zero-order chi connectivity index (χ0) is 14.7. The van der Waals surface area contributed by atoms with Gasteiger partial charge < -0.3 is 10.2 Å². The molecule has 112 valence electrons. The van der Waals surface area contributed by atoms with Crippen LogP contribution in [0.5, 0.6) is 0 Å². The SMILES string of the molecule is CN(C)c1ccc(NC(c2cccs2)C2CCCC2)cn1. The van der Waals surface area contributed by atoms with E-state index in [1.807, 2.05) is 36.5 Å². The summed E-state index contributed by atoms with van der Waals surface area (Å²) in [4.78, 5) is 7.97. The highest BCUT2D eigenvalue weighted by Gasteiger charge is 2.27. The van der Waals surface area contributed by atoms with Gasteiger partial charge in [0.2, 0.25) is 0 Å². The molecule has 21 heavy (non-hydrogen) atoms. The third kappa shape index (κ3) is 3.38. The number of nitrogens with one attached hydrogen (secondary N) is 1. The van der Waals surface area contributed by atoms with E-state index >= 15 is 0 Å². The van der Waals surface area contributed by atoms with Crippen LogP contribution in [0.4, 0.5) is 11.5 Å². The molecule has 0 bridgehead atoms. The van der Waals surface area contributed by atoms with Crippen LogP contribution in [0.2, 0.25) is 0 Å². The van der Waals surface area contributed by atoms with E-state index in [4.69, 9.17) is 0 Å². The van der Waals surface area contributed by atoms with Crippen LogP contribution in [0.3, 0.4) is 0 Å². The number of aromatic nitrogens is 1. The fourth-order valence-corrected chi connectivity index (χ4v) is 3.97. The Morgan fingerprint density at radius 3 is 2.62 bits per heavy atom. The van der Waals surface area contributed by atoms with E-state index in [0.717, 1.165) is 17.4 Å². The molecule has 2 aromatic rings. The Bertz CT molecular complexity index is 542. The van der Waals surface area contributed by atoms with Crippen molar-refractivity contribution >= 4 is 22.8 Å². The quantitative estimate of drug-likeness (QED) is 0.878. The van der Waals surface area contributed by atoms with E-state index in [0.29, 0.717) is 6.04 Å². The summed E-state index contributed by atoms with van der Waals surface area (Å²) in [6.07, 6.45) is 7.35. The van der Waals surface area contributed by atoms with Crippen molar-refractivity contribution in [2.45, 2.75) is 31.7 Å². The first-order chi connectivity index (χ1) is 10.2. The molecule has 0 amide bonds. The van der Waals surface area contributed by atoms with Gasteiger partial charge in [-0.05, 0) is 42.3 Å². The maximum absolute atomic E-state index is 4.51. The van der Waals surface area contributed by atoms with Crippen LogP contribution in [-0.2, 0) is 0 Å². The fourth-order valence-electron chi connectivity index (χ4n) is 3.10. The standard InChI is InChI=1S/C17H23N3S/c1-20(2)16-10-9-14(12-18-16)19-17(13-6-3-4-7-13)15-8-5-11-21-15/h5,8-13,17,19H,3-4,6-7H2,1-2H3. The molecule has 3 rings (SSSR count). The lowest BCUT2D eigenvalue weighted by molar-refractivity contribution is 0.475. The topological polar surface area (TPSA) is 28.2 Å². The van der Waals surface area contributed by atoms with Crippen molar-refractivity contribution in [2.75, 3.05) is 24.3 Å². The van der Waals surface area contributed by atoms with Crippen molar-refractivity contribution in [3.05, 3.63) is 40.7 Å². The molecule has 1 fully saturated rings. The molecule has 1 unspecified atom stereocenters. The summed E-state index contributed by atoms with van der Waals surface area (Å²) in [7, 11) is 4.03. The number of pyridine rings is 1. The molecule has 1 aliphatic rings. The third-order valence-corrected chi connectivity index (χ3v) is 5.20. The smallest absolute Gasteiger partial charge is 0.128 e. The van der Waals surface area contributed by atoms with Crippen molar-refractivity contribution in [1.29, 1.82) is 0 Å². The Balaban J connectivity index is 1.77. The number of hydrogen-bond donors (Lipinski definition) is 1. The van der Waals surface area contributed by atoms with Crippen LogP contribution in [0.1, 0.15) is 36.6 Å². The summed E-state index contributed by atoms with van der Waals surface area (Å²) < 4.78 is 0. The normalized spacial score (nSPS) is 16.9. The molecule has 1 atom stereocenters. The molecule has 0 spiro atoms. The highest BCUT2D eigenvalue weighted by Crippen LogP contribution is 2.39. The molecule has 4 heteroatoms. The fraction of sp³-hybridized carbons (Fsp3) is 0.471. The first-order valence-corrected chi connectivity index (χ1v) is 8.55. The number of thiophene rings is 1. The second-order valence-corrected chi connectivity index (χ2v) is 6.96.